The average molecular weight is 334 g/mol. The van der Waals surface area contributed by atoms with E-state index >= 15 is 0 Å². The van der Waals surface area contributed by atoms with E-state index in [2.05, 4.69) is 10.4 Å². The van der Waals surface area contributed by atoms with Crippen LogP contribution in [0.4, 0.5) is 0 Å². The maximum atomic E-state index is 12.3. The quantitative estimate of drug-likeness (QED) is 0.749. The predicted octanol–water partition coefficient (Wildman–Crippen LogP) is 2.14. The van der Waals surface area contributed by atoms with Crippen LogP contribution in [-0.2, 0) is 4.79 Å². The Bertz CT molecular complexity index is 903. The Balaban J connectivity index is 1.92. The molecule has 1 aromatic heterocycles. The third-order valence-electron chi connectivity index (χ3n) is 3.84. The zero-order valence-corrected chi connectivity index (χ0v) is 13.7. The SMILES string of the molecule is C[C@H](NC(=O)c1cccc(-n2nccc2-c2ccccc2)c1)C(N)=O. The molecule has 0 spiro atoms. The normalized spacial score (nSPS) is 11.7. The van der Waals surface area contributed by atoms with Crippen molar-refractivity contribution in [3.63, 3.8) is 0 Å². The van der Waals surface area contributed by atoms with Gasteiger partial charge < -0.3 is 11.1 Å². The van der Waals surface area contributed by atoms with Crippen LogP contribution in [0.3, 0.4) is 0 Å². The van der Waals surface area contributed by atoms with Gasteiger partial charge in [0.1, 0.15) is 6.04 Å². The van der Waals surface area contributed by atoms with Crippen LogP contribution >= 0.6 is 0 Å². The zero-order valence-electron chi connectivity index (χ0n) is 13.7. The molecule has 126 valence electrons. The van der Waals surface area contributed by atoms with Crippen molar-refractivity contribution in [1.82, 2.24) is 15.1 Å². The Labute approximate surface area is 145 Å². The van der Waals surface area contributed by atoms with Crippen molar-refractivity contribution in [2.24, 2.45) is 5.73 Å². The van der Waals surface area contributed by atoms with E-state index in [1.165, 1.54) is 0 Å². The van der Waals surface area contributed by atoms with Gasteiger partial charge in [-0.05, 0) is 31.2 Å². The summed E-state index contributed by atoms with van der Waals surface area (Å²) < 4.78 is 1.77. The Morgan fingerprint density at radius 3 is 2.56 bits per heavy atom. The molecule has 2 aromatic carbocycles. The Hall–Kier alpha value is -3.41. The third-order valence-corrected chi connectivity index (χ3v) is 3.84. The van der Waals surface area contributed by atoms with Gasteiger partial charge in [0.05, 0.1) is 17.6 Å². The number of primary amides is 1. The maximum absolute atomic E-state index is 12.3. The lowest BCUT2D eigenvalue weighted by Crippen LogP contribution is -2.42. The number of aromatic nitrogens is 2. The Kier molecular flexibility index (Phi) is 4.61. The van der Waals surface area contributed by atoms with E-state index in [4.69, 9.17) is 5.73 Å². The van der Waals surface area contributed by atoms with Gasteiger partial charge in [0.15, 0.2) is 0 Å². The molecule has 0 fully saturated rings. The van der Waals surface area contributed by atoms with Crippen molar-refractivity contribution in [2.45, 2.75) is 13.0 Å². The molecular weight excluding hydrogens is 316 g/mol. The molecule has 3 N–H and O–H groups in total. The Morgan fingerprint density at radius 2 is 1.84 bits per heavy atom. The number of amides is 2. The summed E-state index contributed by atoms with van der Waals surface area (Å²) in [5.74, 6) is -0.940. The number of hydrogen-bond donors (Lipinski definition) is 2. The molecular formula is C19H18N4O2. The predicted molar refractivity (Wildman–Crippen MR) is 95.1 cm³/mol. The van der Waals surface area contributed by atoms with Crippen LogP contribution in [-0.4, -0.2) is 27.6 Å². The number of carbonyl (C=O) groups is 2. The number of hydrogen-bond acceptors (Lipinski definition) is 3. The molecule has 6 heteroatoms. The fourth-order valence-corrected chi connectivity index (χ4v) is 2.47. The molecule has 1 atom stereocenters. The average Bonchev–Trinajstić information content (AvgIpc) is 3.12. The number of benzene rings is 2. The molecule has 0 aliphatic heterocycles. The fraction of sp³-hybridized carbons (Fsp3) is 0.105. The minimum atomic E-state index is -0.735. The highest BCUT2D eigenvalue weighted by atomic mass is 16.2. The number of carbonyl (C=O) groups excluding carboxylic acids is 2. The molecule has 0 aliphatic rings. The van der Waals surface area contributed by atoms with Crippen molar-refractivity contribution >= 4 is 11.8 Å². The second kappa shape index (κ2) is 7.00. The lowest BCUT2D eigenvalue weighted by molar-refractivity contribution is -0.119. The molecule has 0 aliphatic carbocycles. The summed E-state index contributed by atoms with van der Waals surface area (Å²) >= 11 is 0. The molecule has 3 rings (SSSR count). The summed E-state index contributed by atoms with van der Waals surface area (Å²) in [7, 11) is 0. The molecule has 0 radical (unpaired) electrons. The van der Waals surface area contributed by atoms with Crippen molar-refractivity contribution < 1.29 is 9.59 Å². The van der Waals surface area contributed by atoms with Crippen molar-refractivity contribution in [3.8, 4) is 16.9 Å². The molecule has 0 saturated heterocycles. The highest BCUT2D eigenvalue weighted by Gasteiger charge is 2.15. The number of nitrogens with two attached hydrogens (primary N) is 1. The van der Waals surface area contributed by atoms with Gasteiger partial charge in [0.25, 0.3) is 5.91 Å². The van der Waals surface area contributed by atoms with Crippen LogP contribution in [0, 0.1) is 0 Å². The highest BCUT2D eigenvalue weighted by molar-refractivity contribution is 5.97. The minimum absolute atomic E-state index is 0.360. The third kappa shape index (κ3) is 3.58. The number of nitrogens with one attached hydrogen (secondary N) is 1. The van der Waals surface area contributed by atoms with Gasteiger partial charge in [0, 0.05) is 11.1 Å². The van der Waals surface area contributed by atoms with Gasteiger partial charge in [-0.2, -0.15) is 5.10 Å². The fourth-order valence-electron chi connectivity index (χ4n) is 2.47. The van der Waals surface area contributed by atoms with E-state index in [1.54, 1.807) is 36.0 Å². The summed E-state index contributed by atoms with van der Waals surface area (Å²) in [5, 5.41) is 6.93. The van der Waals surface area contributed by atoms with Gasteiger partial charge in [-0.1, -0.05) is 36.4 Å². The molecule has 6 nitrogen and oxygen atoms in total. The first-order valence-electron chi connectivity index (χ1n) is 7.86. The van der Waals surface area contributed by atoms with E-state index in [1.807, 2.05) is 42.5 Å². The van der Waals surface area contributed by atoms with E-state index in [-0.39, 0.29) is 5.91 Å². The topological polar surface area (TPSA) is 90.0 Å². The van der Waals surface area contributed by atoms with Crippen LogP contribution < -0.4 is 11.1 Å². The van der Waals surface area contributed by atoms with E-state index in [9.17, 15) is 9.59 Å². The molecule has 1 heterocycles. The largest absolute Gasteiger partial charge is 0.368 e. The van der Waals surface area contributed by atoms with E-state index in [0.717, 1.165) is 16.9 Å². The van der Waals surface area contributed by atoms with Crippen LogP contribution in [0.1, 0.15) is 17.3 Å². The summed E-state index contributed by atoms with van der Waals surface area (Å²) in [6, 6.07) is 18.1. The molecule has 0 bridgehead atoms. The summed E-state index contributed by atoms with van der Waals surface area (Å²) in [5.41, 5.74) is 8.31. The molecule has 0 unspecified atom stereocenters. The maximum Gasteiger partial charge on any atom is 0.251 e. The molecule has 2 amide bonds. The first-order chi connectivity index (χ1) is 12.1. The first kappa shape index (κ1) is 16.4. The lowest BCUT2D eigenvalue weighted by atomic mass is 10.1. The number of rotatable bonds is 5. The van der Waals surface area contributed by atoms with E-state index in [0.29, 0.717) is 5.56 Å². The number of nitrogens with zero attached hydrogens (tertiary/aromatic N) is 2. The summed E-state index contributed by atoms with van der Waals surface area (Å²) in [6.07, 6.45) is 1.71. The highest BCUT2D eigenvalue weighted by Crippen LogP contribution is 2.22. The minimum Gasteiger partial charge on any atom is -0.368 e. The molecule has 3 aromatic rings. The van der Waals surface area contributed by atoms with Gasteiger partial charge in [0.2, 0.25) is 5.91 Å². The first-order valence-corrected chi connectivity index (χ1v) is 7.86. The van der Waals surface area contributed by atoms with Gasteiger partial charge in [-0.3, -0.25) is 9.59 Å². The monoisotopic (exact) mass is 334 g/mol. The molecule has 0 saturated carbocycles. The van der Waals surface area contributed by atoms with Crippen molar-refractivity contribution in [2.75, 3.05) is 0 Å². The van der Waals surface area contributed by atoms with Crippen molar-refractivity contribution in [1.29, 1.82) is 0 Å². The van der Waals surface area contributed by atoms with Crippen molar-refractivity contribution in [3.05, 3.63) is 72.4 Å². The van der Waals surface area contributed by atoms with Crippen LogP contribution in [0.2, 0.25) is 0 Å². The van der Waals surface area contributed by atoms with Gasteiger partial charge in [-0.25, -0.2) is 4.68 Å². The van der Waals surface area contributed by atoms with Crippen LogP contribution in [0.25, 0.3) is 16.9 Å². The smallest absolute Gasteiger partial charge is 0.251 e. The van der Waals surface area contributed by atoms with Gasteiger partial charge >= 0.3 is 0 Å². The van der Waals surface area contributed by atoms with Gasteiger partial charge in [-0.15, -0.1) is 0 Å². The second-order valence-electron chi connectivity index (χ2n) is 5.64. The molecule has 25 heavy (non-hydrogen) atoms. The van der Waals surface area contributed by atoms with Crippen LogP contribution in [0.5, 0.6) is 0 Å². The van der Waals surface area contributed by atoms with Crippen LogP contribution in [0.15, 0.2) is 66.9 Å². The Morgan fingerprint density at radius 1 is 1.08 bits per heavy atom. The summed E-state index contributed by atoms with van der Waals surface area (Å²) in [4.78, 5) is 23.4. The summed E-state index contributed by atoms with van der Waals surface area (Å²) in [6.45, 7) is 1.55. The standard InChI is InChI=1S/C19H18N4O2/c1-13(18(20)24)22-19(25)15-8-5-9-16(12-15)23-17(10-11-21-23)14-6-3-2-4-7-14/h2-13H,1H3,(H2,20,24)(H,22,25)/t13-/m0/s1. The lowest BCUT2D eigenvalue weighted by Gasteiger charge is -2.12. The second-order valence-corrected chi connectivity index (χ2v) is 5.64. The van der Waals surface area contributed by atoms with E-state index < -0.39 is 11.9 Å². The zero-order chi connectivity index (χ0) is 17.8.